The lowest BCUT2D eigenvalue weighted by molar-refractivity contribution is -0.130. The number of carbonyl (C=O) groups is 3. The molecule has 0 aliphatic carbocycles. The summed E-state index contributed by atoms with van der Waals surface area (Å²) in [5, 5.41) is 67.4. The number of rotatable bonds is 39. The molecule has 594 valence electrons. The van der Waals surface area contributed by atoms with Gasteiger partial charge in [-0.15, -0.1) is 0 Å². The fourth-order valence-electron chi connectivity index (χ4n) is 13.3. The van der Waals surface area contributed by atoms with Gasteiger partial charge in [-0.05, 0) is 225 Å². The number of amides is 1. The Hall–Kier alpha value is -7.35. The third kappa shape index (κ3) is 26.2. The van der Waals surface area contributed by atoms with E-state index in [1.807, 2.05) is 120 Å². The molecule has 0 radical (unpaired) electrons. The van der Waals surface area contributed by atoms with E-state index in [1.165, 1.54) is 33.4 Å². The molecular weight excluding hydrogens is 1350 g/mol. The van der Waals surface area contributed by atoms with Gasteiger partial charge in [0.25, 0.3) is 0 Å². The molecule has 0 spiro atoms. The van der Waals surface area contributed by atoms with Gasteiger partial charge < -0.3 is 59.1 Å². The lowest BCUT2D eigenvalue weighted by Gasteiger charge is -2.34. The van der Waals surface area contributed by atoms with Gasteiger partial charge in [-0.3, -0.25) is 19.6 Å². The second kappa shape index (κ2) is 42.6. The fourth-order valence-corrected chi connectivity index (χ4v) is 13.3. The predicted octanol–water partition coefficient (Wildman–Crippen LogP) is 17.1. The Balaban J connectivity index is 0.000000340. The third-order valence-corrected chi connectivity index (χ3v) is 21.5. The van der Waals surface area contributed by atoms with E-state index in [0.29, 0.717) is 24.5 Å². The van der Waals surface area contributed by atoms with Gasteiger partial charge in [-0.1, -0.05) is 177 Å². The molecule has 6 aromatic rings. The van der Waals surface area contributed by atoms with Gasteiger partial charge >= 0.3 is 0 Å². The zero-order valence-electron chi connectivity index (χ0n) is 68.6. The van der Waals surface area contributed by atoms with E-state index in [2.05, 4.69) is 134 Å². The maximum absolute atomic E-state index is 11.4. The minimum absolute atomic E-state index is 0.0227. The maximum Gasteiger partial charge on any atom is 0.243 e. The van der Waals surface area contributed by atoms with Gasteiger partial charge in [0.05, 0.1) is 31.0 Å². The number of ketones is 2. The number of ether oxygens (including phenoxy) is 6. The van der Waals surface area contributed by atoms with Gasteiger partial charge in [0.2, 0.25) is 5.91 Å². The molecular formula is C90H133NO16. The van der Waals surface area contributed by atoms with Crippen molar-refractivity contribution in [1.82, 2.24) is 5.48 Å². The van der Waals surface area contributed by atoms with Crippen LogP contribution in [0.3, 0.4) is 0 Å². The van der Waals surface area contributed by atoms with E-state index in [4.69, 9.17) is 43.8 Å². The standard InChI is InChI=1S/C32H48O5.C30H45NO6.C28H40O5/c1-8-32(9-2,26-15-17-29(24(4)20-26)37-22-30(35)31(5,6)7)25-14-16-28(23(3)19-25)36-18-12-10-11-13-27(34)21-33;1-8-30(9-2,23-11-14-26(21(4)17-23)37-19-27(33)29(5,6)7)22-10-13-25(20(3)16-22)36-18-24(32)12-15-28(34)31-35;1-8-28(9-2,21-10-12-24(19(3)14-21)32-17-23(30)16-29)22-11-13-25(20(4)15-22)33-18-26(31)27(5,6)7/h14-17,19-20,30,33,35H,8-13,18,21-22H2,1-7H3;10-11,13-14,16-17,24,27,32-33,35H,8-9,12,15,18-19H2,1-7H3,(H,31,34);10-15,26,29,31H,8-9,16-18H2,1-7H3. The molecule has 6 aromatic carbocycles. The molecule has 8 N–H and O–H groups in total. The van der Waals surface area contributed by atoms with Crippen molar-refractivity contribution in [2.45, 2.75) is 263 Å². The van der Waals surface area contributed by atoms with Crippen molar-refractivity contribution in [2.75, 3.05) is 52.9 Å². The van der Waals surface area contributed by atoms with Gasteiger partial charge in [-0.2, -0.15) is 0 Å². The number of hydroxylamine groups is 1. The first-order valence-corrected chi connectivity index (χ1v) is 38.7. The smallest absolute Gasteiger partial charge is 0.243 e. The van der Waals surface area contributed by atoms with Crippen LogP contribution in [0.1, 0.15) is 248 Å². The summed E-state index contributed by atoms with van der Waals surface area (Å²) in [7, 11) is 0. The van der Waals surface area contributed by atoms with E-state index >= 15 is 0 Å². The fraction of sp³-hybridized carbons (Fsp3) is 0.567. The first-order valence-electron chi connectivity index (χ1n) is 38.7. The van der Waals surface area contributed by atoms with Crippen molar-refractivity contribution in [3.05, 3.63) is 176 Å². The van der Waals surface area contributed by atoms with E-state index in [-0.39, 0.29) is 96.5 Å². The van der Waals surface area contributed by atoms with Crippen LogP contribution in [0.25, 0.3) is 0 Å². The van der Waals surface area contributed by atoms with Crippen molar-refractivity contribution in [3.63, 3.8) is 0 Å². The molecule has 1 amide bonds. The summed E-state index contributed by atoms with van der Waals surface area (Å²) < 4.78 is 35.4. The molecule has 0 heterocycles. The normalized spacial score (nSPS) is 13.2. The number of aryl methyl sites for hydroxylation is 6. The molecule has 17 nitrogen and oxygen atoms in total. The minimum atomic E-state index is -0.810. The van der Waals surface area contributed by atoms with E-state index < -0.39 is 36.9 Å². The number of carbonyl (C=O) groups excluding carboxylic acids is 3. The lowest BCUT2D eigenvalue weighted by Crippen LogP contribution is -2.32. The summed E-state index contributed by atoms with van der Waals surface area (Å²) in [6.07, 6.45) is 6.42. The second-order valence-corrected chi connectivity index (χ2v) is 32.2. The molecule has 4 unspecified atom stereocenters. The highest BCUT2D eigenvalue weighted by atomic mass is 16.5. The molecule has 0 aliphatic rings. The van der Waals surface area contributed by atoms with Crippen molar-refractivity contribution < 1.29 is 78.7 Å². The number of aliphatic hydroxyl groups is 6. The summed E-state index contributed by atoms with van der Waals surface area (Å²) in [5.41, 5.74) is 14.0. The van der Waals surface area contributed by atoms with Gasteiger partial charge in [-0.25, -0.2) is 5.48 Å². The van der Waals surface area contributed by atoms with Crippen LogP contribution in [-0.2, 0) is 30.6 Å². The Morgan fingerprint density at radius 1 is 0.364 bits per heavy atom. The monoisotopic (exact) mass is 1480 g/mol. The highest BCUT2D eigenvalue weighted by molar-refractivity contribution is 5.81. The summed E-state index contributed by atoms with van der Waals surface area (Å²) in [6.45, 7) is 43.9. The van der Waals surface area contributed by atoms with Crippen LogP contribution in [0.5, 0.6) is 34.5 Å². The predicted molar refractivity (Wildman–Crippen MR) is 428 cm³/mol. The zero-order valence-corrected chi connectivity index (χ0v) is 68.6. The van der Waals surface area contributed by atoms with Crippen molar-refractivity contribution in [1.29, 1.82) is 0 Å². The number of hydrogen-bond acceptors (Lipinski definition) is 16. The molecule has 0 bridgehead atoms. The number of Topliss-reactive ketones (excluding diaryl/α,β-unsaturated/α-hetero) is 2. The van der Waals surface area contributed by atoms with E-state index in [0.717, 1.165) is 114 Å². The van der Waals surface area contributed by atoms with Crippen LogP contribution in [0, 0.1) is 57.8 Å². The highest BCUT2D eigenvalue weighted by Gasteiger charge is 2.36. The van der Waals surface area contributed by atoms with Crippen LogP contribution in [-0.4, -0.2) is 131 Å². The average molecular weight is 1490 g/mol. The highest BCUT2D eigenvalue weighted by Crippen LogP contribution is 2.45. The molecule has 0 aliphatic heterocycles. The topological polar surface area (TPSA) is 260 Å². The lowest BCUT2D eigenvalue weighted by atomic mass is 9.70. The maximum atomic E-state index is 11.4. The van der Waals surface area contributed by atoms with Crippen LogP contribution in [0.4, 0.5) is 0 Å². The molecule has 4 atom stereocenters. The Morgan fingerprint density at radius 3 is 0.888 bits per heavy atom. The number of nitrogens with one attached hydrogen (secondary N) is 1. The zero-order chi connectivity index (χ0) is 80.3. The molecule has 0 saturated carbocycles. The first kappa shape index (κ1) is 92.0. The summed E-state index contributed by atoms with van der Waals surface area (Å²) in [5.74, 6) is 3.64. The Kier molecular flexibility index (Phi) is 36.6. The Morgan fingerprint density at radius 2 is 0.636 bits per heavy atom. The van der Waals surface area contributed by atoms with Gasteiger partial charge in [0.15, 0.2) is 11.6 Å². The summed E-state index contributed by atoms with van der Waals surface area (Å²) in [6, 6.07) is 37.9. The van der Waals surface area contributed by atoms with Gasteiger partial charge in [0.1, 0.15) is 80.7 Å². The van der Waals surface area contributed by atoms with Crippen LogP contribution in [0.2, 0.25) is 0 Å². The number of aliphatic hydroxyl groups excluding tert-OH is 6. The van der Waals surface area contributed by atoms with E-state index in [1.54, 1.807) is 5.48 Å². The number of unbranched alkanes of at least 4 members (excludes halogenated alkanes) is 2. The molecule has 6 rings (SSSR count). The Labute approximate surface area is 641 Å². The van der Waals surface area contributed by atoms with Crippen LogP contribution in [0.15, 0.2) is 109 Å². The molecule has 0 fully saturated rings. The average Bonchev–Trinajstić information content (AvgIpc) is 0.784. The third-order valence-electron chi connectivity index (χ3n) is 21.5. The largest absolute Gasteiger partial charge is 0.493 e. The molecule has 107 heavy (non-hydrogen) atoms. The van der Waals surface area contributed by atoms with Crippen molar-refractivity contribution in [2.24, 2.45) is 16.2 Å². The number of hydrogen-bond donors (Lipinski definition) is 8. The van der Waals surface area contributed by atoms with Crippen LogP contribution >= 0.6 is 0 Å². The minimum Gasteiger partial charge on any atom is -0.493 e. The quantitative estimate of drug-likeness (QED) is 0.0101. The Bertz CT molecular complexity index is 3730. The first-order chi connectivity index (χ1) is 50.3. The van der Waals surface area contributed by atoms with E-state index in [9.17, 15) is 34.8 Å². The van der Waals surface area contributed by atoms with Crippen molar-refractivity contribution in [3.8, 4) is 34.5 Å². The second-order valence-electron chi connectivity index (χ2n) is 32.2. The number of benzene rings is 6. The summed E-state index contributed by atoms with van der Waals surface area (Å²) >= 11 is 0. The van der Waals surface area contributed by atoms with Gasteiger partial charge in [0, 0.05) is 29.1 Å². The molecule has 17 heteroatoms. The SMILES string of the molecule is CCC(CC)(c1ccc(OCC(=O)CO)c(C)c1)c1ccc(OCC(O)C(C)(C)C)c(C)c1.CCC(CC)(c1ccc(OCC(O)CCC(=O)NO)c(C)c1)c1ccc(OCC(O)C(C)(C)C)c(C)c1.CCC(CC)(c1ccc(OCCCCCC(=O)CO)c(C)c1)c1ccc(OCC(O)C(C)(C)C)c(C)c1. The van der Waals surface area contributed by atoms with Crippen molar-refractivity contribution >= 4 is 17.5 Å². The summed E-state index contributed by atoms with van der Waals surface area (Å²) in [4.78, 5) is 33.7. The molecule has 0 aromatic heterocycles. The van der Waals surface area contributed by atoms with Crippen LogP contribution < -0.4 is 33.9 Å². The molecule has 0 saturated heterocycles.